The fraction of sp³-hybridized carbons (Fsp3) is 0.462. The molecule has 18 heavy (non-hydrogen) atoms. The van der Waals surface area contributed by atoms with Crippen LogP contribution < -0.4 is 4.74 Å². The zero-order valence-electron chi connectivity index (χ0n) is 10.2. The predicted molar refractivity (Wildman–Crippen MR) is 61.2 cm³/mol. The molecule has 0 aromatic heterocycles. The van der Waals surface area contributed by atoms with Crippen LogP contribution in [-0.4, -0.2) is 12.8 Å². The van der Waals surface area contributed by atoms with E-state index in [0.717, 1.165) is 0 Å². The van der Waals surface area contributed by atoms with Gasteiger partial charge in [0.05, 0.1) is 12.7 Å². The third kappa shape index (κ3) is 3.95. The van der Waals surface area contributed by atoms with Crippen molar-refractivity contribution in [2.24, 2.45) is 5.92 Å². The van der Waals surface area contributed by atoms with Crippen molar-refractivity contribution < 1.29 is 17.9 Å². The summed E-state index contributed by atoms with van der Waals surface area (Å²) in [7, 11) is 0. The van der Waals surface area contributed by atoms with Gasteiger partial charge in [0.25, 0.3) is 0 Å². The highest BCUT2D eigenvalue weighted by Crippen LogP contribution is 2.34. The first-order chi connectivity index (χ1) is 8.34. The Morgan fingerprint density at radius 3 is 2.17 bits per heavy atom. The van der Waals surface area contributed by atoms with Crippen molar-refractivity contribution in [1.82, 2.24) is 0 Å². The Labute approximate surface area is 104 Å². The molecule has 0 aliphatic carbocycles. The van der Waals surface area contributed by atoms with E-state index in [1.807, 2.05) is 13.8 Å². The van der Waals surface area contributed by atoms with Gasteiger partial charge in [-0.2, -0.15) is 18.4 Å². The molecular weight excluding hydrogens is 243 g/mol. The first-order valence-corrected chi connectivity index (χ1v) is 5.53. The third-order valence-corrected chi connectivity index (χ3v) is 2.25. The van der Waals surface area contributed by atoms with Crippen molar-refractivity contribution in [3.8, 4) is 11.8 Å². The number of nitriles is 1. The quantitative estimate of drug-likeness (QED) is 0.819. The lowest BCUT2D eigenvalue weighted by Crippen LogP contribution is -2.19. The van der Waals surface area contributed by atoms with Gasteiger partial charge in [-0.25, -0.2) is 0 Å². The van der Waals surface area contributed by atoms with E-state index in [1.165, 1.54) is 30.3 Å². The standard InChI is InChI=1S/C13H14F3NO/c1-9(2)8-18-11-5-3-10(4-6-11)12(7-17)13(14,15)16/h3-6,9,12H,8H2,1-2H3. The molecule has 0 saturated carbocycles. The fourth-order valence-corrected chi connectivity index (χ4v) is 1.36. The first-order valence-electron chi connectivity index (χ1n) is 5.53. The van der Waals surface area contributed by atoms with Gasteiger partial charge in [-0.05, 0) is 23.6 Å². The molecule has 0 spiro atoms. The molecule has 0 amide bonds. The molecule has 0 aliphatic rings. The normalized spacial score (nSPS) is 13.2. The van der Waals surface area contributed by atoms with Gasteiger partial charge in [-0.1, -0.05) is 26.0 Å². The van der Waals surface area contributed by atoms with Crippen LogP contribution in [0.5, 0.6) is 5.75 Å². The van der Waals surface area contributed by atoms with Gasteiger partial charge in [0, 0.05) is 0 Å². The average molecular weight is 257 g/mol. The van der Waals surface area contributed by atoms with E-state index in [2.05, 4.69) is 0 Å². The lowest BCUT2D eigenvalue weighted by Gasteiger charge is -2.14. The van der Waals surface area contributed by atoms with Crippen molar-refractivity contribution in [2.75, 3.05) is 6.61 Å². The molecular formula is C13H14F3NO. The monoisotopic (exact) mass is 257 g/mol. The Balaban J connectivity index is 2.79. The van der Waals surface area contributed by atoms with Gasteiger partial charge < -0.3 is 4.74 Å². The summed E-state index contributed by atoms with van der Waals surface area (Å²) < 4.78 is 42.9. The van der Waals surface area contributed by atoms with Crippen LogP contribution in [0.4, 0.5) is 13.2 Å². The van der Waals surface area contributed by atoms with E-state index < -0.39 is 12.1 Å². The summed E-state index contributed by atoms with van der Waals surface area (Å²) in [5.74, 6) is -1.24. The number of hydrogen-bond donors (Lipinski definition) is 0. The second kappa shape index (κ2) is 5.76. The predicted octanol–water partition coefficient (Wildman–Crippen LogP) is 3.89. The summed E-state index contributed by atoms with van der Waals surface area (Å²) in [5.41, 5.74) is -0.0677. The van der Waals surface area contributed by atoms with Gasteiger partial charge in [-0.15, -0.1) is 0 Å². The summed E-state index contributed by atoms with van der Waals surface area (Å²) in [6.45, 7) is 4.45. The second-order valence-corrected chi connectivity index (χ2v) is 4.38. The number of halogens is 3. The lowest BCUT2D eigenvalue weighted by atomic mass is 10.0. The zero-order chi connectivity index (χ0) is 13.8. The largest absolute Gasteiger partial charge is 0.493 e. The highest BCUT2D eigenvalue weighted by atomic mass is 19.4. The second-order valence-electron chi connectivity index (χ2n) is 4.38. The average Bonchev–Trinajstić information content (AvgIpc) is 2.27. The molecule has 0 fully saturated rings. The van der Waals surface area contributed by atoms with Crippen LogP contribution in [-0.2, 0) is 0 Å². The zero-order valence-corrected chi connectivity index (χ0v) is 10.2. The molecule has 0 radical (unpaired) electrons. The van der Waals surface area contributed by atoms with E-state index in [1.54, 1.807) is 0 Å². The summed E-state index contributed by atoms with van der Waals surface area (Å²) in [6, 6.07) is 6.72. The highest BCUT2D eigenvalue weighted by molar-refractivity contribution is 5.33. The summed E-state index contributed by atoms with van der Waals surface area (Å²) in [5, 5.41) is 8.56. The van der Waals surface area contributed by atoms with E-state index in [4.69, 9.17) is 10.00 Å². The minimum Gasteiger partial charge on any atom is -0.493 e. The van der Waals surface area contributed by atoms with E-state index in [-0.39, 0.29) is 5.56 Å². The van der Waals surface area contributed by atoms with Crippen molar-refractivity contribution in [3.63, 3.8) is 0 Å². The molecule has 0 N–H and O–H groups in total. The van der Waals surface area contributed by atoms with Crippen LogP contribution in [0.3, 0.4) is 0 Å². The Kier molecular flexibility index (Phi) is 4.60. The first kappa shape index (κ1) is 14.4. The van der Waals surface area contributed by atoms with E-state index in [0.29, 0.717) is 18.3 Å². The number of hydrogen-bond acceptors (Lipinski definition) is 2. The minimum absolute atomic E-state index is 0.0677. The number of benzene rings is 1. The summed E-state index contributed by atoms with van der Waals surface area (Å²) in [4.78, 5) is 0. The summed E-state index contributed by atoms with van der Waals surface area (Å²) in [6.07, 6.45) is -4.55. The SMILES string of the molecule is CC(C)COc1ccc(C(C#N)C(F)(F)F)cc1. The number of ether oxygens (including phenoxy) is 1. The van der Waals surface area contributed by atoms with Gasteiger partial charge in [-0.3, -0.25) is 0 Å². The van der Waals surface area contributed by atoms with E-state index >= 15 is 0 Å². The number of nitrogens with zero attached hydrogens (tertiary/aromatic N) is 1. The molecule has 1 atom stereocenters. The van der Waals surface area contributed by atoms with Crippen molar-refractivity contribution in [3.05, 3.63) is 29.8 Å². The fourth-order valence-electron chi connectivity index (χ4n) is 1.36. The molecule has 1 unspecified atom stereocenters. The molecule has 98 valence electrons. The molecule has 0 aliphatic heterocycles. The van der Waals surface area contributed by atoms with Crippen LogP contribution in [0.25, 0.3) is 0 Å². The molecule has 0 heterocycles. The van der Waals surface area contributed by atoms with Crippen molar-refractivity contribution in [1.29, 1.82) is 5.26 Å². The van der Waals surface area contributed by atoms with Crippen molar-refractivity contribution >= 4 is 0 Å². The highest BCUT2D eigenvalue weighted by Gasteiger charge is 2.40. The van der Waals surface area contributed by atoms with Crippen LogP contribution in [0.2, 0.25) is 0 Å². The van der Waals surface area contributed by atoms with Gasteiger partial charge in [0.15, 0.2) is 5.92 Å². The van der Waals surface area contributed by atoms with Gasteiger partial charge in [0.1, 0.15) is 5.75 Å². The van der Waals surface area contributed by atoms with Crippen LogP contribution in [0.1, 0.15) is 25.3 Å². The molecule has 0 bridgehead atoms. The molecule has 1 aromatic rings. The molecule has 5 heteroatoms. The van der Waals surface area contributed by atoms with Crippen LogP contribution in [0.15, 0.2) is 24.3 Å². The summed E-state index contributed by atoms with van der Waals surface area (Å²) >= 11 is 0. The van der Waals surface area contributed by atoms with Gasteiger partial charge in [0.2, 0.25) is 0 Å². The Bertz CT molecular complexity index is 417. The third-order valence-electron chi connectivity index (χ3n) is 2.25. The molecule has 2 nitrogen and oxygen atoms in total. The molecule has 1 rings (SSSR count). The molecule has 1 aromatic carbocycles. The van der Waals surface area contributed by atoms with Crippen molar-refractivity contribution in [2.45, 2.75) is 25.9 Å². The van der Waals surface area contributed by atoms with Gasteiger partial charge >= 0.3 is 6.18 Å². The van der Waals surface area contributed by atoms with Crippen LogP contribution >= 0.6 is 0 Å². The van der Waals surface area contributed by atoms with E-state index in [9.17, 15) is 13.2 Å². The molecule has 0 saturated heterocycles. The minimum atomic E-state index is -4.55. The number of alkyl halides is 3. The maximum Gasteiger partial charge on any atom is 0.408 e. The topological polar surface area (TPSA) is 33.0 Å². The van der Waals surface area contributed by atoms with Crippen LogP contribution in [0, 0.1) is 17.2 Å². The Morgan fingerprint density at radius 2 is 1.78 bits per heavy atom. The Hall–Kier alpha value is -1.70. The lowest BCUT2D eigenvalue weighted by molar-refractivity contribution is -0.137. The Morgan fingerprint density at radius 1 is 1.22 bits per heavy atom. The smallest absolute Gasteiger partial charge is 0.408 e. The maximum atomic E-state index is 12.5. The number of rotatable bonds is 4. The maximum absolute atomic E-state index is 12.5.